The fourth-order valence-corrected chi connectivity index (χ4v) is 7.21. The Hall–Kier alpha value is -3.74. The summed E-state index contributed by atoms with van der Waals surface area (Å²) in [6, 6.07) is 0. The molecular formula is C46H66O7. The van der Waals surface area contributed by atoms with E-state index in [0.717, 1.165) is 36.0 Å². The lowest BCUT2D eigenvalue weighted by atomic mass is 9.65. The SMILES string of the molecule is CCCCCC(=O)OC\C(C=C=C1C(C)(C)C[C@H](O)C[C@@]1(C)O)=C/C=C/C(C)=C/C=C/C=C(C)/C=C/C=C(C)/C(O)=C/C(=O)[C@]1(C)C[C@@H](O)CC1(C)C. The van der Waals surface area contributed by atoms with Crippen LogP contribution in [0.4, 0.5) is 0 Å². The number of carbonyl (C=O) groups excluding carboxylic acids is 2. The van der Waals surface area contributed by atoms with Gasteiger partial charge in [-0.1, -0.05) is 126 Å². The van der Waals surface area contributed by atoms with Gasteiger partial charge in [0.05, 0.1) is 17.8 Å². The maximum Gasteiger partial charge on any atom is 0.306 e. The van der Waals surface area contributed by atoms with E-state index >= 15 is 0 Å². The number of esters is 1. The lowest BCUT2D eigenvalue weighted by Crippen LogP contribution is -2.45. The van der Waals surface area contributed by atoms with E-state index in [9.17, 15) is 30.0 Å². The molecule has 4 N–H and O–H groups in total. The molecule has 2 aliphatic rings. The molecule has 7 nitrogen and oxygen atoms in total. The maximum absolute atomic E-state index is 13.1. The average Bonchev–Trinajstić information content (AvgIpc) is 3.26. The van der Waals surface area contributed by atoms with E-state index in [1.165, 1.54) is 6.08 Å². The molecule has 0 aromatic heterocycles. The zero-order chi connectivity index (χ0) is 40.0. The van der Waals surface area contributed by atoms with Crippen LogP contribution < -0.4 is 0 Å². The first-order valence-electron chi connectivity index (χ1n) is 19.0. The standard InChI is InChI=1S/C46H66O7/c1-11-12-13-24-42(51)53-32-36(25-26-40-43(5,6)28-37(47)31-46(40,10)52)23-17-21-34(3)19-15-14-18-33(2)20-16-22-35(4)39(49)27-41(50)45(9)30-38(48)29-44(45,7)8/h14-23,25,27,37-38,47-49,52H,11-13,24,28-32H2,1-10H3/b15-14+,20-16+,21-17+,33-18+,34-19+,35-22+,36-23-,39-27-/t26?,37-,38-,45-,46+/m0/s1. The zero-order valence-corrected chi connectivity index (χ0v) is 34.0. The Bertz CT molecular complexity index is 1590. The van der Waals surface area contributed by atoms with Crippen molar-refractivity contribution in [2.24, 2.45) is 16.2 Å². The fourth-order valence-electron chi connectivity index (χ4n) is 7.21. The van der Waals surface area contributed by atoms with Gasteiger partial charge in [0, 0.05) is 29.9 Å². The molecule has 0 heterocycles. The molecule has 0 unspecified atom stereocenters. The summed E-state index contributed by atoms with van der Waals surface area (Å²) in [6.07, 6.45) is 25.9. The minimum atomic E-state index is -1.20. The van der Waals surface area contributed by atoms with Crippen LogP contribution in [-0.4, -0.2) is 56.6 Å². The smallest absolute Gasteiger partial charge is 0.306 e. The van der Waals surface area contributed by atoms with E-state index in [1.54, 1.807) is 26.0 Å². The third-order valence-electron chi connectivity index (χ3n) is 10.7. The Balaban J connectivity index is 2.13. The number of ether oxygens (including phenoxy) is 1. The predicted molar refractivity (Wildman–Crippen MR) is 216 cm³/mol. The highest BCUT2D eigenvalue weighted by atomic mass is 16.5. The van der Waals surface area contributed by atoms with Crippen LogP contribution >= 0.6 is 0 Å². The fraction of sp³-hybridized carbons (Fsp3) is 0.543. The summed E-state index contributed by atoms with van der Waals surface area (Å²) >= 11 is 0. The first-order chi connectivity index (χ1) is 24.6. The Morgan fingerprint density at radius 2 is 1.40 bits per heavy atom. The van der Waals surface area contributed by atoms with Crippen LogP contribution in [0.3, 0.4) is 0 Å². The summed E-state index contributed by atoms with van der Waals surface area (Å²) < 4.78 is 5.57. The highest BCUT2D eigenvalue weighted by Crippen LogP contribution is 2.53. The lowest BCUT2D eigenvalue weighted by molar-refractivity contribution is -0.142. The van der Waals surface area contributed by atoms with Crippen LogP contribution in [0.15, 0.2) is 112 Å². The van der Waals surface area contributed by atoms with Gasteiger partial charge in [-0.2, -0.15) is 0 Å². The van der Waals surface area contributed by atoms with Crippen LogP contribution in [0.5, 0.6) is 0 Å². The second-order valence-electron chi connectivity index (χ2n) is 16.7. The Labute approximate surface area is 319 Å². The summed E-state index contributed by atoms with van der Waals surface area (Å²) in [5, 5.41) is 42.1. The lowest BCUT2D eigenvalue weighted by Gasteiger charge is -2.43. The van der Waals surface area contributed by atoms with Gasteiger partial charge in [-0.15, -0.1) is 5.73 Å². The van der Waals surface area contributed by atoms with Crippen molar-refractivity contribution in [3.8, 4) is 0 Å². The molecule has 2 aliphatic carbocycles. The number of rotatable bonds is 16. The second-order valence-corrected chi connectivity index (χ2v) is 16.7. The number of hydrogen-bond acceptors (Lipinski definition) is 7. The number of aliphatic hydroxyl groups excluding tert-OH is 3. The first-order valence-corrected chi connectivity index (χ1v) is 19.0. The minimum Gasteiger partial charge on any atom is -0.508 e. The van der Waals surface area contributed by atoms with E-state index in [2.05, 4.69) is 12.7 Å². The van der Waals surface area contributed by atoms with Gasteiger partial charge < -0.3 is 25.2 Å². The van der Waals surface area contributed by atoms with Gasteiger partial charge in [-0.25, -0.2) is 0 Å². The molecule has 0 aromatic rings. The molecule has 4 atom stereocenters. The molecule has 2 saturated carbocycles. The second kappa shape index (κ2) is 20.1. The van der Waals surface area contributed by atoms with Crippen molar-refractivity contribution in [2.45, 2.75) is 138 Å². The maximum atomic E-state index is 13.1. The topological polar surface area (TPSA) is 124 Å². The molecule has 0 spiro atoms. The summed E-state index contributed by atoms with van der Waals surface area (Å²) in [5.74, 6) is -0.489. The van der Waals surface area contributed by atoms with Crippen LogP contribution in [0.1, 0.15) is 121 Å². The quantitative estimate of drug-likeness (QED) is 0.0311. The third-order valence-corrected chi connectivity index (χ3v) is 10.7. The first kappa shape index (κ1) is 45.4. The van der Waals surface area contributed by atoms with Crippen LogP contribution in [0, 0.1) is 16.2 Å². The molecule has 0 bridgehead atoms. The van der Waals surface area contributed by atoms with Gasteiger partial charge in [0.25, 0.3) is 0 Å². The van der Waals surface area contributed by atoms with Crippen molar-refractivity contribution in [1.82, 2.24) is 0 Å². The predicted octanol–water partition coefficient (Wildman–Crippen LogP) is 9.76. The summed E-state index contributed by atoms with van der Waals surface area (Å²) in [6.45, 7) is 19.4. The average molecular weight is 731 g/mol. The normalized spacial score (nSPS) is 27.2. The number of carbonyl (C=O) groups is 2. The third kappa shape index (κ3) is 14.2. The van der Waals surface area contributed by atoms with Crippen molar-refractivity contribution in [2.75, 3.05) is 6.61 Å². The molecule has 2 fully saturated rings. The van der Waals surface area contributed by atoms with E-state index in [1.807, 2.05) is 103 Å². The molecule has 0 aliphatic heterocycles. The summed E-state index contributed by atoms with van der Waals surface area (Å²) in [4.78, 5) is 25.4. The molecule has 2 rings (SSSR count). The molecule has 292 valence electrons. The minimum absolute atomic E-state index is 0.0752. The largest absolute Gasteiger partial charge is 0.508 e. The Morgan fingerprint density at radius 3 is 1.94 bits per heavy atom. The van der Waals surface area contributed by atoms with E-state index in [-0.39, 0.29) is 36.0 Å². The summed E-state index contributed by atoms with van der Waals surface area (Å²) in [5.41, 5.74) is 4.58. The molecule has 53 heavy (non-hydrogen) atoms. The molecule has 0 aromatic carbocycles. The van der Waals surface area contributed by atoms with Gasteiger partial charge in [-0.3, -0.25) is 9.59 Å². The molecule has 0 radical (unpaired) electrons. The number of unbranched alkanes of at least 4 members (excludes halogenated alkanes) is 2. The van der Waals surface area contributed by atoms with Gasteiger partial charge in [0.15, 0.2) is 5.78 Å². The van der Waals surface area contributed by atoms with E-state index < -0.39 is 28.6 Å². The molecule has 0 saturated heterocycles. The number of ketones is 1. The van der Waals surface area contributed by atoms with Crippen molar-refractivity contribution < 1.29 is 34.8 Å². The van der Waals surface area contributed by atoms with Gasteiger partial charge >= 0.3 is 5.97 Å². The summed E-state index contributed by atoms with van der Waals surface area (Å²) in [7, 11) is 0. The Kier molecular flexibility index (Phi) is 17.2. The molecular weight excluding hydrogens is 664 g/mol. The monoisotopic (exact) mass is 730 g/mol. The molecule has 7 heteroatoms. The van der Waals surface area contributed by atoms with Crippen LogP contribution in [0.25, 0.3) is 0 Å². The van der Waals surface area contributed by atoms with Crippen molar-refractivity contribution >= 4 is 11.8 Å². The van der Waals surface area contributed by atoms with Crippen LogP contribution in [-0.2, 0) is 14.3 Å². The van der Waals surface area contributed by atoms with Crippen molar-refractivity contribution in [3.63, 3.8) is 0 Å². The number of aliphatic hydroxyl groups is 4. The molecule has 0 amide bonds. The Morgan fingerprint density at radius 1 is 0.811 bits per heavy atom. The van der Waals surface area contributed by atoms with Gasteiger partial charge in [-0.05, 0) is 81.4 Å². The van der Waals surface area contributed by atoms with Crippen molar-refractivity contribution in [1.29, 1.82) is 0 Å². The highest BCUT2D eigenvalue weighted by molar-refractivity contribution is 5.96. The van der Waals surface area contributed by atoms with Crippen molar-refractivity contribution in [3.05, 3.63) is 112 Å². The number of allylic oxidation sites excluding steroid dienone is 14. The zero-order valence-electron chi connectivity index (χ0n) is 34.0. The number of hydrogen-bond donors (Lipinski definition) is 4. The van der Waals surface area contributed by atoms with E-state index in [0.29, 0.717) is 36.8 Å². The highest BCUT2D eigenvalue weighted by Gasteiger charge is 2.53. The van der Waals surface area contributed by atoms with E-state index in [4.69, 9.17) is 4.74 Å². The van der Waals surface area contributed by atoms with Crippen LogP contribution in [0.2, 0.25) is 0 Å². The van der Waals surface area contributed by atoms with Gasteiger partial charge in [0.2, 0.25) is 0 Å². The van der Waals surface area contributed by atoms with Gasteiger partial charge in [0.1, 0.15) is 12.4 Å².